The number of nitrogens with one attached hydrogen (secondary N) is 2. The molecule has 1 atom stereocenters. The van der Waals surface area contributed by atoms with Crippen molar-refractivity contribution in [2.24, 2.45) is 0 Å². The second-order valence-electron chi connectivity index (χ2n) is 3.30. The Balaban J connectivity index is 0.00000225. The summed E-state index contributed by atoms with van der Waals surface area (Å²) >= 11 is 0. The van der Waals surface area contributed by atoms with Crippen LogP contribution in [-0.2, 0) is 14.6 Å². The number of carboxylic acids is 1. The average molecular weight is 274 g/mol. The van der Waals surface area contributed by atoms with Crippen molar-refractivity contribution in [1.82, 2.24) is 10.6 Å². The Bertz CT molecular complexity index is 369. The van der Waals surface area contributed by atoms with Crippen LogP contribution in [-0.4, -0.2) is 44.5 Å². The number of sulfone groups is 1. The Morgan fingerprint density at radius 2 is 2.00 bits per heavy atom. The molecule has 0 aromatic heterocycles. The van der Waals surface area contributed by atoms with E-state index in [-0.39, 0.29) is 62.9 Å². The van der Waals surface area contributed by atoms with E-state index in [1.807, 2.05) is 5.32 Å². The molecule has 0 aliphatic carbocycles. The zero-order chi connectivity index (χ0) is 11.5. The first-order valence-corrected chi connectivity index (χ1v) is 6.16. The summed E-state index contributed by atoms with van der Waals surface area (Å²) in [6.07, 6.45) is 0.362. The van der Waals surface area contributed by atoms with Crippen LogP contribution in [0.1, 0.15) is 6.42 Å². The van der Waals surface area contributed by atoms with Gasteiger partial charge in [0.05, 0.1) is 24.0 Å². The summed E-state index contributed by atoms with van der Waals surface area (Å²) in [5.74, 6) is -1.44. The van der Waals surface area contributed by atoms with Gasteiger partial charge in [0.1, 0.15) is 0 Å². The van der Waals surface area contributed by atoms with Crippen LogP contribution in [0, 0.1) is 0 Å². The van der Waals surface area contributed by atoms with Gasteiger partial charge in [-0.15, -0.1) is 0 Å². The second-order valence-corrected chi connectivity index (χ2v) is 5.53. The predicted molar refractivity (Wildman–Crippen MR) is 48.6 cm³/mol. The summed E-state index contributed by atoms with van der Waals surface area (Å²) in [5.41, 5.74) is 0. The van der Waals surface area contributed by atoms with Crippen molar-refractivity contribution in [2.45, 2.75) is 12.5 Å². The fourth-order valence-corrected chi connectivity index (χ4v) is 2.97. The summed E-state index contributed by atoms with van der Waals surface area (Å²) in [6.45, 7) is -0.592. The molecule has 0 aromatic rings. The van der Waals surface area contributed by atoms with Crippen molar-refractivity contribution in [1.29, 1.82) is 0 Å². The Morgan fingerprint density at radius 3 is 2.44 bits per heavy atom. The van der Waals surface area contributed by atoms with Gasteiger partial charge in [-0.2, -0.15) is 0 Å². The molecule has 0 aromatic carbocycles. The standard InChI is InChI=1S/C7H12N2O5S.K/c10-6(11)3-8-7(12)9-5-1-2-15(13,14)4-5;/h5H,1-4H2,(H,10,11)(H2,8,9,12);/q;+1/p-1. The van der Waals surface area contributed by atoms with Gasteiger partial charge in [0.2, 0.25) is 0 Å². The summed E-state index contributed by atoms with van der Waals surface area (Å²) in [5, 5.41) is 14.4. The number of aliphatic carboxylic acids is 1. The first-order valence-electron chi connectivity index (χ1n) is 4.34. The van der Waals surface area contributed by atoms with Gasteiger partial charge in [0.15, 0.2) is 9.84 Å². The third-order valence-corrected chi connectivity index (χ3v) is 3.73. The molecule has 1 rings (SSSR count). The average Bonchev–Trinajstić information content (AvgIpc) is 2.42. The van der Waals surface area contributed by atoms with E-state index < -0.39 is 34.4 Å². The van der Waals surface area contributed by atoms with Crippen molar-refractivity contribution in [2.75, 3.05) is 18.1 Å². The van der Waals surface area contributed by atoms with Crippen molar-refractivity contribution < 1.29 is 74.5 Å². The van der Waals surface area contributed by atoms with Crippen LogP contribution in [0.2, 0.25) is 0 Å². The second kappa shape index (κ2) is 6.92. The summed E-state index contributed by atoms with van der Waals surface area (Å²) in [6, 6.07) is -1.13. The van der Waals surface area contributed by atoms with E-state index in [0.29, 0.717) is 6.42 Å². The molecule has 1 unspecified atom stereocenters. The number of carboxylic acid groups (broad SMARTS) is 1. The Hall–Kier alpha value is 0.326. The topological polar surface area (TPSA) is 115 Å². The van der Waals surface area contributed by atoms with Crippen LogP contribution >= 0.6 is 0 Å². The van der Waals surface area contributed by atoms with Crippen molar-refractivity contribution >= 4 is 21.8 Å². The van der Waals surface area contributed by atoms with Gasteiger partial charge >= 0.3 is 57.4 Å². The Morgan fingerprint density at radius 1 is 1.38 bits per heavy atom. The van der Waals surface area contributed by atoms with Gasteiger partial charge in [-0.3, -0.25) is 0 Å². The monoisotopic (exact) mass is 274 g/mol. The van der Waals surface area contributed by atoms with Crippen LogP contribution in [0.15, 0.2) is 0 Å². The predicted octanol–water partition coefficient (Wildman–Crippen LogP) is -5.77. The molecule has 0 bridgehead atoms. The van der Waals surface area contributed by atoms with E-state index in [0.717, 1.165) is 0 Å². The fourth-order valence-electron chi connectivity index (χ4n) is 1.30. The molecule has 1 saturated heterocycles. The molecule has 7 nitrogen and oxygen atoms in total. The van der Waals surface area contributed by atoms with Gasteiger partial charge in [-0.05, 0) is 6.42 Å². The van der Waals surface area contributed by atoms with E-state index in [9.17, 15) is 23.1 Å². The number of hydrogen-bond acceptors (Lipinski definition) is 5. The van der Waals surface area contributed by atoms with Crippen LogP contribution in [0.4, 0.5) is 4.79 Å². The van der Waals surface area contributed by atoms with Crippen LogP contribution < -0.4 is 67.1 Å². The molecule has 0 saturated carbocycles. The van der Waals surface area contributed by atoms with Crippen LogP contribution in [0.3, 0.4) is 0 Å². The largest absolute Gasteiger partial charge is 1.00 e. The summed E-state index contributed by atoms with van der Waals surface area (Å²) in [7, 11) is -3.04. The molecular formula is C7H11KN2O5S. The number of hydrogen-bond donors (Lipinski definition) is 2. The number of carbonyl (C=O) groups excluding carboxylic acids is 2. The fraction of sp³-hybridized carbons (Fsp3) is 0.714. The molecule has 16 heavy (non-hydrogen) atoms. The van der Waals surface area contributed by atoms with Gasteiger partial charge in [0, 0.05) is 6.04 Å². The van der Waals surface area contributed by atoms with Crippen molar-refractivity contribution in [3.63, 3.8) is 0 Å². The smallest absolute Gasteiger partial charge is 0.548 e. The SMILES string of the molecule is O=C([O-])CNC(=O)NC1CCS(=O)(=O)C1.[K+]. The van der Waals surface area contributed by atoms with E-state index in [1.54, 1.807) is 0 Å². The minimum Gasteiger partial charge on any atom is -0.548 e. The number of urea groups is 1. The molecule has 1 heterocycles. The van der Waals surface area contributed by atoms with Gasteiger partial charge in [-0.25, -0.2) is 13.2 Å². The first-order chi connectivity index (χ1) is 6.89. The van der Waals surface area contributed by atoms with Gasteiger partial charge in [-0.1, -0.05) is 0 Å². The van der Waals surface area contributed by atoms with E-state index in [1.165, 1.54) is 0 Å². The number of carbonyl (C=O) groups is 2. The van der Waals surface area contributed by atoms with Crippen LogP contribution in [0.5, 0.6) is 0 Å². The van der Waals surface area contributed by atoms with Crippen molar-refractivity contribution in [3.05, 3.63) is 0 Å². The third kappa shape index (κ3) is 6.16. The summed E-state index contributed by atoms with van der Waals surface area (Å²) < 4.78 is 22.0. The third-order valence-electron chi connectivity index (χ3n) is 1.96. The summed E-state index contributed by atoms with van der Waals surface area (Å²) in [4.78, 5) is 21.0. The van der Waals surface area contributed by atoms with Gasteiger partial charge < -0.3 is 20.5 Å². The van der Waals surface area contributed by atoms with E-state index >= 15 is 0 Å². The molecule has 0 spiro atoms. The van der Waals surface area contributed by atoms with E-state index in [4.69, 9.17) is 0 Å². The maximum Gasteiger partial charge on any atom is 1.00 e. The molecule has 1 aliphatic heterocycles. The Labute approximate surface area is 136 Å². The first kappa shape index (κ1) is 16.3. The molecule has 9 heteroatoms. The molecule has 1 fully saturated rings. The van der Waals surface area contributed by atoms with Gasteiger partial charge in [0.25, 0.3) is 0 Å². The van der Waals surface area contributed by atoms with E-state index in [2.05, 4.69) is 5.32 Å². The molecule has 0 radical (unpaired) electrons. The minimum atomic E-state index is -3.04. The maximum absolute atomic E-state index is 11.0. The molecule has 2 N–H and O–H groups in total. The Kier molecular flexibility index (Phi) is 7.06. The molecule has 1 aliphatic rings. The zero-order valence-electron chi connectivity index (χ0n) is 8.86. The zero-order valence-corrected chi connectivity index (χ0v) is 12.8. The minimum absolute atomic E-state index is 0. The maximum atomic E-state index is 11.0. The quantitative estimate of drug-likeness (QED) is 0.497. The molecule has 2 amide bonds. The number of amides is 2. The van der Waals surface area contributed by atoms with Crippen LogP contribution in [0.25, 0.3) is 0 Å². The molecule has 86 valence electrons. The van der Waals surface area contributed by atoms with Crippen molar-refractivity contribution in [3.8, 4) is 0 Å². The molecular weight excluding hydrogens is 263 g/mol. The number of rotatable bonds is 3. The normalized spacial score (nSPS) is 21.9.